The number of benzene rings is 1. The number of anilines is 1. The summed E-state index contributed by atoms with van der Waals surface area (Å²) in [6, 6.07) is 8.33. The van der Waals surface area contributed by atoms with Crippen LogP contribution in [0.3, 0.4) is 0 Å². The van der Waals surface area contributed by atoms with Crippen LogP contribution in [-0.2, 0) is 4.74 Å². The lowest BCUT2D eigenvalue weighted by molar-refractivity contribution is 0.122. The van der Waals surface area contributed by atoms with Crippen LogP contribution in [0.1, 0.15) is 0 Å². The maximum absolute atomic E-state index is 5.67. The van der Waals surface area contributed by atoms with Gasteiger partial charge in [-0.1, -0.05) is 0 Å². The molecule has 2 rings (SSSR count). The van der Waals surface area contributed by atoms with Crippen LogP contribution < -0.4 is 9.64 Å². The van der Waals surface area contributed by atoms with Crippen molar-refractivity contribution in [2.24, 2.45) is 0 Å². The maximum atomic E-state index is 5.67. The van der Waals surface area contributed by atoms with E-state index < -0.39 is 0 Å². The van der Waals surface area contributed by atoms with E-state index in [4.69, 9.17) is 9.47 Å². The fourth-order valence-corrected chi connectivity index (χ4v) is 1.92. The van der Waals surface area contributed by atoms with Crippen LogP contribution in [-0.4, -0.2) is 58.5 Å². The van der Waals surface area contributed by atoms with Gasteiger partial charge in [0.25, 0.3) is 0 Å². The standard InChI is InChI=1S/C14H22N2O2/c1-15(2)7-12-18-14-5-3-13(4-6-14)16-8-10-17-11-9-16/h3-6H,7-12H2,1-2H3. The number of likely N-dealkylation sites (N-methyl/N-ethyl adjacent to an activating group) is 1. The molecule has 100 valence electrons. The summed E-state index contributed by atoms with van der Waals surface area (Å²) in [5, 5.41) is 0. The third-order valence-electron chi connectivity index (χ3n) is 3.02. The van der Waals surface area contributed by atoms with Gasteiger partial charge in [-0.25, -0.2) is 0 Å². The summed E-state index contributed by atoms with van der Waals surface area (Å²) in [5.74, 6) is 0.939. The Morgan fingerprint density at radius 2 is 1.83 bits per heavy atom. The molecule has 1 saturated heterocycles. The van der Waals surface area contributed by atoms with Gasteiger partial charge >= 0.3 is 0 Å². The van der Waals surface area contributed by atoms with Crippen LogP contribution in [0.5, 0.6) is 5.75 Å². The molecule has 1 aromatic rings. The molecule has 1 aromatic carbocycles. The predicted octanol–water partition coefficient (Wildman–Crippen LogP) is 1.46. The first kappa shape index (κ1) is 13.2. The van der Waals surface area contributed by atoms with Crippen molar-refractivity contribution in [3.63, 3.8) is 0 Å². The Morgan fingerprint density at radius 3 is 2.44 bits per heavy atom. The third-order valence-corrected chi connectivity index (χ3v) is 3.02. The number of hydrogen-bond acceptors (Lipinski definition) is 4. The van der Waals surface area contributed by atoms with E-state index in [0.29, 0.717) is 0 Å². The molecule has 4 nitrogen and oxygen atoms in total. The molecule has 1 heterocycles. The van der Waals surface area contributed by atoms with Crippen molar-refractivity contribution in [3.8, 4) is 5.75 Å². The Morgan fingerprint density at radius 1 is 1.17 bits per heavy atom. The first-order valence-electron chi connectivity index (χ1n) is 6.46. The summed E-state index contributed by atoms with van der Waals surface area (Å²) >= 11 is 0. The van der Waals surface area contributed by atoms with Crippen LogP contribution in [0.15, 0.2) is 24.3 Å². The largest absolute Gasteiger partial charge is 0.492 e. The molecule has 0 aromatic heterocycles. The van der Waals surface area contributed by atoms with Gasteiger partial charge in [-0.15, -0.1) is 0 Å². The van der Waals surface area contributed by atoms with Crippen molar-refractivity contribution in [1.29, 1.82) is 0 Å². The summed E-state index contributed by atoms with van der Waals surface area (Å²) in [5.41, 5.74) is 1.25. The van der Waals surface area contributed by atoms with E-state index in [1.54, 1.807) is 0 Å². The summed E-state index contributed by atoms with van der Waals surface area (Å²) in [6.45, 7) is 5.25. The minimum atomic E-state index is 0.726. The summed E-state index contributed by atoms with van der Waals surface area (Å²) < 4.78 is 11.0. The molecule has 0 aliphatic carbocycles. The Bertz CT molecular complexity index is 345. The lowest BCUT2D eigenvalue weighted by atomic mass is 10.2. The molecule has 0 bridgehead atoms. The topological polar surface area (TPSA) is 24.9 Å². The second-order valence-electron chi connectivity index (χ2n) is 4.75. The van der Waals surface area contributed by atoms with Crippen molar-refractivity contribution in [2.45, 2.75) is 0 Å². The van der Waals surface area contributed by atoms with Gasteiger partial charge in [-0.3, -0.25) is 0 Å². The Balaban J connectivity index is 1.84. The molecule has 0 saturated carbocycles. The molecule has 0 amide bonds. The Labute approximate surface area is 109 Å². The summed E-state index contributed by atoms with van der Waals surface area (Å²) in [6.07, 6.45) is 0. The number of morpholine rings is 1. The highest BCUT2D eigenvalue weighted by molar-refractivity contribution is 5.49. The molecule has 0 spiro atoms. The fourth-order valence-electron chi connectivity index (χ4n) is 1.92. The van der Waals surface area contributed by atoms with E-state index in [1.807, 2.05) is 26.2 Å². The number of ether oxygens (including phenoxy) is 2. The lowest BCUT2D eigenvalue weighted by Gasteiger charge is -2.28. The zero-order chi connectivity index (χ0) is 12.8. The summed E-state index contributed by atoms with van der Waals surface area (Å²) in [4.78, 5) is 4.45. The van der Waals surface area contributed by atoms with Gasteiger partial charge in [0.2, 0.25) is 0 Å². The highest BCUT2D eigenvalue weighted by Gasteiger charge is 2.10. The van der Waals surface area contributed by atoms with E-state index in [0.717, 1.165) is 45.2 Å². The zero-order valence-electron chi connectivity index (χ0n) is 11.3. The zero-order valence-corrected chi connectivity index (χ0v) is 11.3. The molecule has 4 heteroatoms. The van der Waals surface area contributed by atoms with Crippen molar-refractivity contribution in [1.82, 2.24) is 4.90 Å². The van der Waals surface area contributed by atoms with Gasteiger partial charge in [0.1, 0.15) is 12.4 Å². The van der Waals surface area contributed by atoms with E-state index in [2.05, 4.69) is 21.9 Å². The normalized spacial score (nSPS) is 16.1. The quantitative estimate of drug-likeness (QED) is 0.790. The molecule has 1 aliphatic heterocycles. The Hall–Kier alpha value is -1.26. The van der Waals surface area contributed by atoms with Crippen molar-refractivity contribution in [3.05, 3.63) is 24.3 Å². The number of rotatable bonds is 5. The van der Waals surface area contributed by atoms with E-state index in [9.17, 15) is 0 Å². The monoisotopic (exact) mass is 250 g/mol. The summed E-state index contributed by atoms with van der Waals surface area (Å²) in [7, 11) is 4.09. The van der Waals surface area contributed by atoms with Gasteiger partial charge < -0.3 is 19.3 Å². The van der Waals surface area contributed by atoms with Crippen molar-refractivity contribution in [2.75, 3.05) is 58.5 Å². The maximum Gasteiger partial charge on any atom is 0.119 e. The Kier molecular flexibility index (Phi) is 4.84. The minimum Gasteiger partial charge on any atom is -0.492 e. The van der Waals surface area contributed by atoms with Crippen LogP contribution >= 0.6 is 0 Å². The van der Waals surface area contributed by atoms with E-state index >= 15 is 0 Å². The van der Waals surface area contributed by atoms with Crippen molar-refractivity contribution < 1.29 is 9.47 Å². The van der Waals surface area contributed by atoms with E-state index in [-0.39, 0.29) is 0 Å². The van der Waals surface area contributed by atoms with Crippen LogP contribution in [0.4, 0.5) is 5.69 Å². The number of nitrogens with zero attached hydrogens (tertiary/aromatic N) is 2. The van der Waals surface area contributed by atoms with Gasteiger partial charge in [0, 0.05) is 25.3 Å². The van der Waals surface area contributed by atoms with Crippen molar-refractivity contribution >= 4 is 5.69 Å². The second kappa shape index (κ2) is 6.61. The highest BCUT2D eigenvalue weighted by atomic mass is 16.5. The van der Waals surface area contributed by atoms with Gasteiger partial charge in [-0.05, 0) is 38.4 Å². The third kappa shape index (κ3) is 3.89. The van der Waals surface area contributed by atoms with Gasteiger partial charge in [0.15, 0.2) is 0 Å². The smallest absolute Gasteiger partial charge is 0.119 e. The molecule has 0 unspecified atom stereocenters. The SMILES string of the molecule is CN(C)CCOc1ccc(N2CCOCC2)cc1. The number of hydrogen-bond donors (Lipinski definition) is 0. The molecule has 18 heavy (non-hydrogen) atoms. The lowest BCUT2D eigenvalue weighted by Crippen LogP contribution is -2.36. The molecular formula is C14H22N2O2. The average Bonchev–Trinajstić information content (AvgIpc) is 2.40. The van der Waals surface area contributed by atoms with Gasteiger partial charge in [-0.2, -0.15) is 0 Å². The second-order valence-corrected chi connectivity index (χ2v) is 4.75. The van der Waals surface area contributed by atoms with Gasteiger partial charge in [0.05, 0.1) is 13.2 Å². The molecule has 1 aliphatic rings. The fraction of sp³-hybridized carbons (Fsp3) is 0.571. The molecular weight excluding hydrogens is 228 g/mol. The van der Waals surface area contributed by atoms with Crippen LogP contribution in [0.25, 0.3) is 0 Å². The highest BCUT2D eigenvalue weighted by Crippen LogP contribution is 2.20. The van der Waals surface area contributed by atoms with Crippen LogP contribution in [0, 0.1) is 0 Å². The minimum absolute atomic E-state index is 0.726. The van der Waals surface area contributed by atoms with Crippen LogP contribution in [0.2, 0.25) is 0 Å². The molecule has 1 fully saturated rings. The predicted molar refractivity (Wildman–Crippen MR) is 73.5 cm³/mol. The first-order chi connectivity index (χ1) is 8.75. The first-order valence-corrected chi connectivity index (χ1v) is 6.46. The average molecular weight is 250 g/mol. The molecule has 0 N–H and O–H groups in total. The van der Waals surface area contributed by atoms with E-state index in [1.165, 1.54) is 5.69 Å². The molecule has 0 radical (unpaired) electrons. The molecule has 0 atom stereocenters.